The second-order valence-corrected chi connectivity index (χ2v) is 10.6. The maximum atomic E-state index is 13.7. The second-order valence-electron chi connectivity index (χ2n) is 8.70. The van der Waals surface area contributed by atoms with E-state index in [1.165, 1.54) is 12.2 Å². The number of anilines is 2. The van der Waals surface area contributed by atoms with Crippen LogP contribution in [0.4, 0.5) is 11.4 Å². The third kappa shape index (κ3) is 5.08. The molecule has 1 saturated heterocycles. The van der Waals surface area contributed by atoms with Crippen molar-refractivity contribution in [1.29, 1.82) is 0 Å². The summed E-state index contributed by atoms with van der Waals surface area (Å²) in [7, 11) is -3.79. The molecule has 5 rings (SSSR count). The molecule has 36 heavy (non-hydrogen) atoms. The van der Waals surface area contributed by atoms with E-state index in [4.69, 9.17) is 9.47 Å². The lowest BCUT2D eigenvalue weighted by molar-refractivity contribution is 0.137. The number of rotatable bonds is 6. The van der Waals surface area contributed by atoms with Gasteiger partial charge < -0.3 is 19.3 Å². The summed E-state index contributed by atoms with van der Waals surface area (Å²) in [6.45, 7) is 6.12. The molecule has 0 N–H and O–H groups in total. The van der Waals surface area contributed by atoms with Crippen molar-refractivity contribution in [3.05, 3.63) is 120 Å². The first kappa shape index (κ1) is 23.9. The van der Waals surface area contributed by atoms with Gasteiger partial charge in [-0.2, -0.15) is 0 Å². The van der Waals surface area contributed by atoms with Crippen molar-refractivity contribution in [2.75, 3.05) is 36.4 Å². The van der Waals surface area contributed by atoms with Crippen molar-refractivity contribution >= 4 is 21.2 Å². The molecule has 0 saturated carbocycles. The van der Waals surface area contributed by atoms with Crippen LogP contribution in [0.5, 0.6) is 5.75 Å². The zero-order chi connectivity index (χ0) is 25.0. The first-order valence-electron chi connectivity index (χ1n) is 11.8. The lowest BCUT2D eigenvalue weighted by Gasteiger charge is -2.31. The third-order valence-electron chi connectivity index (χ3n) is 6.19. The van der Waals surface area contributed by atoms with Crippen molar-refractivity contribution in [2.45, 2.75) is 11.4 Å². The van der Waals surface area contributed by atoms with Crippen molar-refractivity contribution in [3.8, 4) is 5.75 Å². The van der Waals surface area contributed by atoms with Gasteiger partial charge in [-0.25, -0.2) is 8.42 Å². The van der Waals surface area contributed by atoms with Crippen LogP contribution < -0.4 is 14.5 Å². The smallest absolute Gasteiger partial charge is 0.206 e. The van der Waals surface area contributed by atoms with Gasteiger partial charge >= 0.3 is 0 Å². The summed E-state index contributed by atoms with van der Waals surface area (Å²) in [5.74, 6) is 0.702. The fourth-order valence-electron chi connectivity index (χ4n) is 4.37. The number of ether oxygens (including phenoxy) is 2. The number of benzene rings is 3. The Morgan fingerprint density at radius 1 is 0.861 bits per heavy atom. The Morgan fingerprint density at radius 3 is 2.19 bits per heavy atom. The van der Waals surface area contributed by atoms with E-state index < -0.39 is 9.84 Å². The highest BCUT2D eigenvalue weighted by Crippen LogP contribution is 2.32. The molecule has 6 nitrogen and oxygen atoms in total. The van der Waals surface area contributed by atoms with Gasteiger partial charge in [0.25, 0.3) is 0 Å². The Morgan fingerprint density at radius 2 is 1.53 bits per heavy atom. The van der Waals surface area contributed by atoms with Crippen LogP contribution in [-0.2, 0) is 21.1 Å². The molecule has 3 aromatic carbocycles. The highest BCUT2D eigenvalue weighted by Gasteiger charge is 2.25. The largest absolute Gasteiger partial charge is 0.473 e. The molecule has 0 aliphatic carbocycles. The molecular formula is C29H28N2O4S. The molecule has 0 radical (unpaired) electrons. The van der Waals surface area contributed by atoms with Crippen LogP contribution in [0, 0.1) is 0 Å². The summed E-state index contributed by atoms with van der Waals surface area (Å²) < 4.78 is 39.1. The highest BCUT2D eigenvalue weighted by molar-refractivity contribution is 7.95. The Hall–Kier alpha value is -3.81. The molecule has 2 aliphatic heterocycles. The van der Waals surface area contributed by atoms with E-state index in [1.807, 2.05) is 60.7 Å². The van der Waals surface area contributed by atoms with Gasteiger partial charge in [0.05, 0.1) is 16.4 Å². The lowest BCUT2D eigenvalue weighted by Crippen LogP contribution is -2.35. The molecule has 0 amide bonds. The molecule has 0 bridgehead atoms. The number of sulfone groups is 1. The predicted molar refractivity (Wildman–Crippen MR) is 143 cm³/mol. The summed E-state index contributed by atoms with van der Waals surface area (Å²) >= 11 is 0. The SMILES string of the molecule is C=C/C=C(\C=C1/COCN(c2ccccc2)C1)S(=O)(=O)c1ccc2c(c1)CN(c1ccccc1)CO2. The van der Waals surface area contributed by atoms with Crippen LogP contribution in [0.2, 0.25) is 0 Å². The van der Waals surface area contributed by atoms with Gasteiger partial charge in [-0.3, -0.25) is 0 Å². The maximum Gasteiger partial charge on any atom is 0.206 e. The van der Waals surface area contributed by atoms with Gasteiger partial charge in [0.1, 0.15) is 12.5 Å². The Labute approximate surface area is 212 Å². The maximum absolute atomic E-state index is 13.7. The first-order valence-corrected chi connectivity index (χ1v) is 13.2. The number of nitrogens with zero attached hydrogens (tertiary/aromatic N) is 2. The summed E-state index contributed by atoms with van der Waals surface area (Å²) in [6.07, 6.45) is 4.75. The fraction of sp³-hybridized carbons (Fsp3) is 0.172. The number of hydrogen-bond donors (Lipinski definition) is 0. The standard InChI is InChI=1S/C29H28N2O4S/c1-2-9-27(16-23-18-30(21-34-20-23)25-10-5-3-6-11-25)36(32,33)28-14-15-29-24(17-28)19-31(22-35-29)26-12-7-4-8-13-26/h2-17H,1,18-22H2/b23-16-,27-9+. The van der Waals surface area contributed by atoms with E-state index in [0.717, 1.165) is 22.5 Å². The van der Waals surface area contributed by atoms with E-state index in [2.05, 4.69) is 16.4 Å². The zero-order valence-electron chi connectivity index (χ0n) is 19.9. The average molecular weight is 501 g/mol. The molecule has 0 atom stereocenters. The summed E-state index contributed by atoms with van der Waals surface area (Å²) in [6, 6.07) is 24.9. The van der Waals surface area contributed by atoms with E-state index >= 15 is 0 Å². The lowest BCUT2D eigenvalue weighted by atomic mass is 10.1. The second kappa shape index (κ2) is 10.4. The van der Waals surface area contributed by atoms with E-state index in [1.54, 1.807) is 24.3 Å². The normalized spacial score (nSPS) is 17.4. The molecule has 3 aromatic rings. The average Bonchev–Trinajstić information content (AvgIpc) is 2.93. The fourth-order valence-corrected chi connectivity index (χ4v) is 5.79. The minimum absolute atomic E-state index is 0.183. The molecule has 7 heteroatoms. The topological polar surface area (TPSA) is 59.1 Å². The summed E-state index contributed by atoms with van der Waals surface area (Å²) in [5, 5.41) is 0. The van der Waals surface area contributed by atoms with Crippen LogP contribution in [0.15, 0.2) is 119 Å². The van der Waals surface area contributed by atoms with Crippen LogP contribution in [0.25, 0.3) is 0 Å². The Kier molecular flexibility index (Phi) is 6.93. The van der Waals surface area contributed by atoms with E-state index in [9.17, 15) is 8.42 Å². The van der Waals surface area contributed by atoms with E-state index in [0.29, 0.717) is 38.9 Å². The Bertz CT molecular complexity index is 1400. The van der Waals surface area contributed by atoms with Gasteiger partial charge in [-0.1, -0.05) is 49.1 Å². The molecule has 184 valence electrons. The van der Waals surface area contributed by atoms with Gasteiger partial charge in [0.2, 0.25) is 9.84 Å². The molecule has 2 aliphatic rings. The number of hydrogen-bond acceptors (Lipinski definition) is 6. The summed E-state index contributed by atoms with van der Waals surface area (Å²) in [4.78, 5) is 4.55. The Balaban J connectivity index is 1.41. The molecule has 1 fully saturated rings. The van der Waals surface area contributed by atoms with Crippen molar-refractivity contribution in [3.63, 3.8) is 0 Å². The monoisotopic (exact) mass is 500 g/mol. The van der Waals surface area contributed by atoms with Crippen LogP contribution in [-0.4, -0.2) is 35.0 Å². The molecule has 0 spiro atoms. The van der Waals surface area contributed by atoms with Gasteiger partial charge in [-0.05, 0) is 60.2 Å². The molecule has 0 aromatic heterocycles. The summed E-state index contributed by atoms with van der Waals surface area (Å²) in [5.41, 5.74) is 3.75. The highest BCUT2D eigenvalue weighted by atomic mass is 32.2. The van der Waals surface area contributed by atoms with Crippen molar-refractivity contribution < 1.29 is 17.9 Å². The van der Waals surface area contributed by atoms with Crippen LogP contribution in [0.3, 0.4) is 0 Å². The first-order chi connectivity index (χ1) is 17.5. The third-order valence-corrected chi connectivity index (χ3v) is 7.94. The number of fused-ring (bicyclic) bond motifs is 1. The minimum atomic E-state index is -3.79. The van der Waals surface area contributed by atoms with Gasteiger partial charge in [0, 0.05) is 30.0 Å². The molecule has 2 heterocycles. The minimum Gasteiger partial charge on any atom is -0.473 e. The molecule has 0 unspecified atom stereocenters. The number of allylic oxidation sites excluding steroid dienone is 3. The quantitative estimate of drug-likeness (QED) is 0.428. The van der Waals surface area contributed by atoms with Crippen molar-refractivity contribution in [1.82, 2.24) is 0 Å². The van der Waals surface area contributed by atoms with Gasteiger partial charge in [0.15, 0.2) is 6.73 Å². The van der Waals surface area contributed by atoms with Crippen LogP contribution >= 0.6 is 0 Å². The number of para-hydroxylation sites is 2. The molecular weight excluding hydrogens is 472 g/mol. The van der Waals surface area contributed by atoms with Crippen LogP contribution in [0.1, 0.15) is 5.56 Å². The van der Waals surface area contributed by atoms with E-state index in [-0.39, 0.29) is 9.80 Å². The van der Waals surface area contributed by atoms with Gasteiger partial charge in [-0.15, -0.1) is 0 Å². The predicted octanol–water partition coefficient (Wildman–Crippen LogP) is 5.31. The zero-order valence-corrected chi connectivity index (χ0v) is 20.7. The van der Waals surface area contributed by atoms with Crippen molar-refractivity contribution in [2.24, 2.45) is 0 Å².